The molecule has 1 aliphatic heterocycles. The van der Waals surface area contributed by atoms with Crippen LogP contribution in [0.1, 0.15) is 33.1 Å². The van der Waals surface area contributed by atoms with E-state index in [1.54, 1.807) is 0 Å². The molecule has 0 bridgehead atoms. The molecule has 0 radical (unpaired) electrons. The fourth-order valence-electron chi connectivity index (χ4n) is 1.58. The Morgan fingerprint density at radius 1 is 1.57 bits per heavy atom. The average molecular weight is 200 g/mol. The quantitative estimate of drug-likeness (QED) is 0.734. The van der Waals surface area contributed by atoms with Gasteiger partial charge in [0, 0.05) is 19.0 Å². The van der Waals surface area contributed by atoms with Gasteiger partial charge >= 0.3 is 0 Å². The van der Waals surface area contributed by atoms with Crippen LogP contribution in [0, 0.1) is 0 Å². The first kappa shape index (κ1) is 11.5. The Kier molecular flexibility index (Phi) is 4.90. The van der Waals surface area contributed by atoms with E-state index < -0.39 is 0 Å². The van der Waals surface area contributed by atoms with E-state index in [4.69, 9.17) is 4.84 Å². The minimum atomic E-state index is 0.0955. The molecule has 1 aliphatic rings. The van der Waals surface area contributed by atoms with Crippen LogP contribution in [-0.2, 0) is 9.63 Å². The molecule has 0 aromatic carbocycles. The van der Waals surface area contributed by atoms with Crippen molar-refractivity contribution in [2.75, 3.05) is 19.7 Å². The van der Waals surface area contributed by atoms with Gasteiger partial charge in [-0.2, -0.15) is 0 Å². The summed E-state index contributed by atoms with van der Waals surface area (Å²) in [5.74, 6) is 0.0955. The maximum absolute atomic E-state index is 11.6. The largest absolute Gasteiger partial charge is 0.314 e. The molecule has 0 aliphatic carbocycles. The Bertz CT molecular complexity index is 179. The van der Waals surface area contributed by atoms with E-state index in [2.05, 4.69) is 5.32 Å². The number of hydrogen-bond donors (Lipinski definition) is 1. The van der Waals surface area contributed by atoms with Crippen LogP contribution in [-0.4, -0.2) is 36.7 Å². The van der Waals surface area contributed by atoms with E-state index in [9.17, 15) is 4.79 Å². The molecular formula is C10H20N2O2. The molecule has 4 heteroatoms. The highest BCUT2D eigenvalue weighted by Gasteiger charge is 2.19. The first-order chi connectivity index (χ1) is 6.74. The van der Waals surface area contributed by atoms with Crippen LogP contribution in [0.2, 0.25) is 0 Å². The molecule has 1 saturated heterocycles. The van der Waals surface area contributed by atoms with Crippen molar-refractivity contribution in [2.45, 2.75) is 39.2 Å². The molecule has 1 rings (SSSR count). The summed E-state index contributed by atoms with van der Waals surface area (Å²) in [5.41, 5.74) is 0. The van der Waals surface area contributed by atoms with Crippen LogP contribution < -0.4 is 5.32 Å². The Balaban J connectivity index is 2.25. The average Bonchev–Trinajstić information content (AvgIpc) is 2.19. The highest BCUT2D eigenvalue weighted by Crippen LogP contribution is 2.08. The topological polar surface area (TPSA) is 41.6 Å². The second-order valence-corrected chi connectivity index (χ2v) is 3.70. The lowest BCUT2D eigenvalue weighted by atomic mass is 10.2. The zero-order valence-corrected chi connectivity index (χ0v) is 9.08. The molecule has 0 saturated carbocycles. The number of hydrogen-bond acceptors (Lipinski definition) is 3. The van der Waals surface area contributed by atoms with Gasteiger partial charge in [0.1, 0.15) is 0 Å². The predicted octanol–water partition coefficient (Wildman–Crippen LogP) is 0.928. The molecule has 4 nitrogen and oxygen atoms in total. The number of hydroxylamine groups is 2. The van der Waals surface area contributed by atoms with Crippen LogP contribution in [0.5, 0.6) is 0 Å². The maximum atomic E-state index is 11.6. The molecule has 1 unspecified atom stereocenters. The highest BCUT2D eigenvalue weighted by atomic mass is 16.7. The van der Waals surface area contributed by atoms with Crippen molar-refractivity contribution in [3.63, 3.8) is 0 Å². The zero-order chi connectivity index (χ0) is 10.4. The third kappa shape index (κ3) is 3.64. The first-order valence-corrected chi connectivity index (χ1v) is 5.40. The van der Waals surface area contributed by atoms with E-state index in [0.29, 0.717) is 13.0 Å². The summed E-state index contributed by atoms with van der Waals surface area (Å²) in [4.78, 5) is 16.9. The van der Waals surface area contributed by atoms with E-state index >= 15 is 0 Å². The molecule has 0 spiro atoms. The van der Waals surface area contributed by atoms with Gasteiger partial charge in [-0.05, 0) is 26.3 Å². The molecule has 0 aromatic heterocycles. The fourth-order valence-corrected chi connectivity index (χ4v) is 1.58. The molecule has 1 fully saturated rings. The van der Waals surface area contributed by atoms with Gasteiger partial charge in [-0.3, -0.25) is 9.63 Å². The zero-order valence-electron chi connectivity index (χ0n) is 9.08. The molecule has 82 valence electrons. The Hall–Kier alpha value is -0.610. The first-order valence-electron chi connectivity index (χ1n) is 5.40. The molecule has 1 amide bonds. The number of nitrogens with one attached hydrogen (secondary N) is 1. The monoisotopic (exact) mass is 200 g/mol. The van der Waals surface area contributed by atoms with Gasteiger partial charge in [0.25, 0.3) is 0 Å². The van der Waals surface area contributed by atoms with Crippen LogP contribution in [0.3, 0.4) is 0 Å². The van der Waals surface area contributed by atoms with Gasteiger partial charge in [0.2, 0.25) is 5.91 Å². The summed E-state index contributed by atoms with van der Waals surface area (Å²) >= 11 is 0. The van der Waals surface area contributed by atoms with E-state index in [1.165, 1.54) is 5.06 Å². The van der Waals surface area contributed by atoms with Crippen molar-refractivity contribution in [3.05, 3.63) is 0 Å². The molecule has 1 heterocycles. The molecular weight excluding hydrogens is 180 g/mol. The van der Waals surface area contributed by atoms with Crippen LogP contribution in [0.4, 0.5) is 0 Å². The van der Waals surface area contributed by atoms with Crippen LogP contribution >= 0.6 is 0 Å². The van der Waals surface area contributed by atoms with Gasteiger partial charge < -0.3 is 5.32 Å². The lowest BCUT2D eigenvalue weighted by molar-refractivity contribution is -0.197. The number of carbonyl (C=O) groups is 1. The summed E-state index contributed by atoms with van der Waals surface area (Å²) < 4.78 is 0. The number of nitrogens with zero attached hydrogens (tertiary/aromatic N) is 1. The number of amides is 1. The Morgan fingerprint density at radius 2 is 2.36 bits per heavy atom. The van der Waals surface area contributed by atoms with Gasteiger partial charge in [-0.25, -0.2) is 5.06 Å². The molecule has 1 N–H and O–H groups in total. The maximum Gasteiger partial charge on any atom is 0.247 e. The van der Waals surface area contributed by atoms with Gasteiger partial charge in [0.15, 0.2) is 0 Å². The standard InChI is InChI=1S/C10H20N2O2/c1-3-11-9(2)8-10(13)12-6-4-5-7-14-12/h9,11H,3-8H2,1-2H3. The lowest BCUT2D eigenvalue weighted by Crippen LogP contribution is -2.39. The fraction of sp³-hybridized carbons (Fsp3) is 0.900. The molecule has 0 aromatic rings. The van der Waals surface area contributed by atoms with Crippen molar-refractivity contribution in [1.82, 2.24) is 10.4 Å². The summed E-state index contributed by atoms with van der Waals surface area (Å²) in [6.45, 7) is 6.39. The van der Waals surface area contributed by atoms with Gasteiger partial charge in [0.05, 0.1) is 6.61 Å². The molecule has 1 atom stereocenters. The predicted molar refractivity (Wildman–Crippen MR) is 54.7 cm³/mol. The number of rotatable bonds is 4. The number of carbonyl (C=O) groups excluding carboxylic acids is 1. The third-order valence-corrected chi connectivity index (χ3v) is 2.31. The van der Waals surface area contributed by atoms with Crippen molar-refractivity contribution in [3.8, 4) is 0 Å². The van der Waals surface area contributed by atoms with Crippen molar-refractivity contribution < 1.29 is 9.63 Å². The van der Waals surface area contributed by atoms with E-state index in [-0.39, 0.29) is 11.9 Å². The van der Waals surface area contributed by atoms with Gasteiger partial charge in [-0.1, -0.05) is 6.92 Å². The lowest BCUT2D eigenvalue weighted by Gasteiger charge is -2.27. The van der Waals surface area contributed by atoms with Crippen LogP contribution in [0.15, 0.2) is 0 Å². The van der Waals surface area contributed by atoms with Crippen molar-refractivity contribution >= 4 is 5.91 Å². The minimum Gasteiger partial charge on any atom is -0.314 e. The van der Waals surface area contributed by atoms with Gasteiger partial charge in [-0.15, -0.1) is 0 Å². The Labute approximate surface area is 85.6 Å². The summed E-state index contributed by atoms with van der Waals surface area (Å²) in [6.07, 6.45) is 2.64. The van der Waals surface area contributed by atoms with Crippen molar-refractivity contribution in [2.24, 2.45) is 0 Å². The van der Waals surface area contributed by atoms with E-state index in [1.807, 2.05) is 13.8 Å². The second kappa shape index (κ2) is 5.98. The van der Waals surface area contributed by atoms with Crippen molar-refractivity contribution in [1.29, 1.82) is 0 Å². The summed E-state index contributed by atoms with van der Waals surface area (Å²) in [7, 11) is 0. The molecule has 14 heavy (non-hydrogen) atoms. The van der Waals surface area contributed by atoms with E-state index in [0.717, 1.165) is 25.9 Å². The second-order valence-electron chi connectivity index (χ2n) is 3.70. The van der Waals surface area contributed by atoms with Crippen LogP contribution in [0.25, 0.3) is 0 Å². The summed E-state index contributed by atoms with van der Waals surface area (Å²) in [5, 5.41) is 4.72. The highest BCUT2D eigenvalue weighted by molar-refractivity contribution is 5.75. The minimum absolute atomic E-state index is 0.0955. The SMILES string of the molecule is CCNC(C)CC(=O)N1CCCCO1. The summed E-state index contributed by atoms with van der Waals surface area (Å²) in [6, 6.07) is 0.234. The Morgan fingerprint density at radius 3 is 2.93 bits per heavy atom. The normalized spacial score (nSPS) is 19.4. The smallest absolute Gasteiger partial charge is 0.247 e. The third-order valence-electron chi connectivity index (χ3n) is 2.31.